The van der Waals surface area contributed by atoms with E-state index < -0.39 is 15.9 Å². The lowest BCUT2D eigenvalue weighted by Crippen LogP contribution is -2.30. The number of nitrogens with one attached hydrogen (secondary N) is 1. The Morgan fingerprint density at radius 1 is 1.38 bits per heavy atom. The average Bonchev–Trinajstić information content (AvgIpc) is 2.36. The van der Waals surface area contributed by atoms with Crippen LogP contribution in [0.2, 0.25) is 5.02 Å². The summed E-state index contributed by atoms with van der Waals surface area (Å²) in [5.74, 6) is 0.277. The van der Waals surface area contributed by atoms with Gasteiger partial charge in [-0.05, 0) is 24.0 Å². The van der Waals surface area contributed by atoms with E-state index in [1.807, 2.05) is 6.92 Å². The van der Waals surface area contributed by atoms with E-state index in [1.165, 1.54) is 12.1 Å². The molecule has 5 nitrogen and oxygen atoms in total. The minimum Gasteiger partial charge on any atom is -0.352 e. The second-order valence-electron chi connectivity index (χ2n) is 5.24. The highest BCUT2D eigenvalue weighted by Crippen LogP contribution is 2.29. The van der Waals surface area contributed by atoms with Gasteiger partial charge in [0.15, 0.2) is 0 Å². The second kappa shape index (κ2) is 7.09. The van der Waals surface area contributed by atoms with Crippen molar-refractivity contribution in [2.75, 3.05) is 6.54 Å². The summed E-state index contributed by atoms with van der Waals surface area (Å²) in [6.07, 6.45) is 0. The molecular weight excluding hydrogens is 380 g/mol. The first-order valence-corrected chi connectivity index (χ1v) is 9.05. The van der Waals surface area contributed by atoms with Gasteiger partial charge in [0.2, 0.25) is 10.0 Å². The van der Waals surface area contributed by atoms with Gasteiger partial charge >= 0.3 is 0 Å². The molecule has 0 aliphatic carbocycles. The number of carbonyl (C=O) groups is 1. The third-order valence-electron chi connectivity index (χ3n) is 3.28. The Bertz CT molecular complexity index is 647. The lowest BCUT2D eigenvalue weighted by Gasteiger charge is -2.17. The fourth-order valence-electron chi connectivity index (χ4n) is 1.52. The van der Waals surface area contributed by atoms with Crippen LogP contribution >= 0.6 is 27.5 Å². The monoisotopic (exact) mass is 396 g/mol. The molecule has 0 aliphatic heterocycles. The maximum Gasteiger partial charge on any atom is 0.252 e. The molecule has 0 radical (unpaired) electrons. The predicted molar refractivity (Wildman–Crippen MR) is 86.9 cm³/mol. The highest BCUT2D eigenvalue weighted by Gasteiger charge is 2.21. The van der Waals surface area contributed by atoms with Crippen LogP contribution in [0.3, 0.4) is 0 Å². The van der Waals surface area contributed by atoms with Crippen LogP contribution < -0.4 is 10.5 Å². The van der Waals surface area contributed by atoms with Crippen LogP contribution in [-0.2, 0) is 10.0 Å². The van der Waals surface area contributed by atoms with Gasteiger partial charge in [-0.25, -0.2) is 13.6 Å². The number of carbonyl (C=O) groups excluding carboxylic acids is 1. The zero-order valence-corrected chi connectivity index (χ0v) is 15.1. The van der Waals surface area contributed by atoms with Gasteiger partial charge in [0.05, 0.1) is 10.6 Å². The lowest BCUT2D eigenvalue weighted by atomic mass is 9.98. The number of amides is 1. The fraction of sp³-hybridized carbons (Fsp3) is 0.462. The van der Waals surface area contributed by atoms with Gasteiger partial charge in [-0.15, -0.1) is 0 Å². The van der Waals surface area contributed by atoms with E-state index >= 15 is 0 Å². The standard InChI is InChI=1S/C13H18BrClN2O3S/c1-7(2)8(3)6-17-13(18)10-4-9(14)5-11(12(10)15)21(16,19)20/h4-5,7-8H,6H2,1-3H3,(H,17,18)(H2,16,19,20). The molecule has 0 saturated carbocycles. The zero-order chi connectivity index (χ0) is 16.4. The van der Waals surface area contributed by atoms with Crippen molar-refractivity contribution in [3.8, 4) is 0 Å². The molecular formula is C13H18BrClN2O3S. The number of nitrogens with two attached hydrogens (primary N) is 1. The minimum absolute atomic E-state index is 0.0750. The molecule has 0 aromatic heterocycles. The largest absolute Gasteiger partial charge is 0.352 e. The molecule has 1 atom stereocenters. The lowest BCUT2D eigenvalue weighted by molar-refractivity contribution is 0.0945. The van der Waals surface area contributed by atoms with Crippen molar-refractivity contribution < 1.29 is 13.2 Å². The summed E-state index contributed by atoms with van der Waals surface area (Å²) >= 11 is 9.15. The van der Waals surface area contributed by atoms with Gasteiger partial charge in [0, 0.05) is 11.0 Å². The van der Waals surface area contributed by atoms with E-state index in [4.69, 9.17) is 16.7 Å². The Kier molecular flexibility index (Phi) is 6.22. The smallest absolute Gasteiger partial charge is 0.252 e. The molecule has 0 fully saturated rings. The van der Waals surface area contributed by atoms with Crippen molar-refractivity contribution in [2.45, 2.75) is 25.7 Å². The average molecular weight is 398 g/mol. The predicted octanol–water partition coefficient (Wildman–Crippen LogP) is 2.77. The number of hydrogen-bond acceptors (Lipinski definition) is 3. The number of benzene rings is 1. The number of primary sulfonamides is 1. The van der Waals surface area contributed by atoms with Crippen molar-refractivity contribution in [1.82, 2.24) is 5.32 Å². The highest BCUT2D eigenvalue weighted by atomic mass is 79.9. The second-order valence-corrected chi connectivity index (χ2v) is 8.07. The van der Waals surface area contributed by atoms with Crippen LogP contribution in [0.5, 0.6) is 0 Å². The molecule has 1 aromatic rings. The Labute approximate surface area is 138 Å². The van der Waals surface area contributed by atoms with Gasteiger partial charge in [-0.2, -0.15) is 0 Å². The molecule has 1 unspecified atom stereocenters. The van der Waals surface area contributed by atoms with Gasteiger partial charge < -0.3 is 5.32 Å². The van der Waals surface area contributed by atoms with E-state index in [0.29, 0.717) is 16.9 Å². The first kappa shape index (κ1) is 18.4. The van der Waals surface area contributed by atoms with Gasteiger partial charge in [0.25, 0.3) is 5.91 Å². The highest BCUT2D eigenvalue weighted by molar-refractivity contribution is 9.10. The third-order valence-corrected chi connectivity index (χ3v) is 5.19. The van der Waals surface area contributed by atoms with Gasteiger partial charge in [0.1, 0.15) is 4.90 Å². The van der Waals surface area contributed by atoms with Crippen LogP contribution in [0.4, 0.5) is 0 Å². The zero-order valence-electron chi connectivity index (χ0n) is 12.0. The molecule has 21 heavy (non-hydrogen) atoms. The van der Waals surface area contributed by atoms with Crippen molar-refractivity contribution >= 4 is 43.5 Å². The van der Waals surface area contributed by atoms with Crippen LogP contribution in [-0.4, -0.2) is 20.9 Å². The van der Waals surface area contributed by atoms with Crippen LogP contribution in [0.25, 0.3) is 0 Å². The third kappa shape index (κ3) is 4.95. The summed E-state index contributed by atoms with van der Waals surface area (Å²) in [6.45, 7) is 6.61. The Hall–Kier alpha value is -0.630. The van der Waals surface area contributed by atoms with E-state index in [2.05, 4.69) is 35.1 Å². The van der Waals surface area contributed by atoms with Crippen LogP contribution in [0.1, 0.15) is 31.1 Å². The summed E-state index contributed by atoms with van der Waals surface area (Å²) in [5, 5.41) is 7.67. The van der Waals surface area contributed by atoms with E-state index in [1.54, 1.807) is 0 Å². The molecule has 1 amide bonds. The molecule has 0 bridgehead atoms. The summed E-state index contributed by atoms with van der Waals surface area (Å²) < 4.78 is 23.4. The SMILES string of the molecule is CC(C)C(C)CNC(=O)c1cc(Br)cc(S(N)(=O)=O)c1Cl. The van der Waals surface area contributed by atoms with Crippen molar-refractivity contribution in [2.24, 2.45) is 17.0 Å². The molecule has 3 N–H and O–H groups in total. The number of hydrogen-bond donors (Lipinski definition) is 2. The molecule has 0 heterocycles. The Morgan fingerprint density at radius 2 is 1.95 bits per heavy atom. The molecule has 0 spiro atoms. The molecule has 118 valence electrons. The molecule has 0 aliphatic rings. The number of sulfonamides is 1. The fourth-order valence-corrected chi connectivity index (χ4v) is 3.30. The normalized spacial score (nSPS) is 13.3. The number of halogens is 2. The van der Waals surface area contributed by atoms with Crippen molar-refractivity contribution in [3.63, 3.8) is 0 Å². The Balaban J connectivity index is 3.08. The maximum atomic E-state index is 12.2. The van der Waals surface area contributed by atoms with Gasteiger partial charge in [-0.3, -0.25) is 4.79 Å². The summed E-state index contributed by atoms with van der Waals surface area (Å²) in [4.78, 5) is 11.9. The quantitative estimate of drug-likeness (QED) is 0.800. The first-order valence-electron chi connectivity index (χ1n) is 6.34. The summed E-state index contributed by atoms with van der Waals surface area (Å²) in [6, 6.07) is 2.73. The molecule has 0 saturated heterocycles. The van der Waals surface area contributed by atoms with E-state index in [9.17, 15) is 13.2 Å². The van der Waals surface area contributed by atoms with E-state index in [0.717, 1.165) is 0 Å². The van der Waals surface area contributed by atoms with Gasteiger partial charge in [-0.1, -0.05) is 48.3 Å². The maximum absolute atomic E-state index is 12.2. The topological polar surface area (TPSA) is 89.3 Å². The molecule has 1 aromatic carbocycles. The first-order chi connectivity index (χ1) is 9.54. The van der Waals surface area contributed by atoms with Crippen LogP contribution in [0, 0.1) is 11.8 Å². The number of rotatable bonds is 5. The van der Waals surface area contributed by atoms with Crippen molar-refractivity contribution in [1.29, 1.82) is 0 Å². The molecule has 8 heteroatoms. The molecule has 1 rings (SSSR count). The van der Waals surface area contributed by atoms with Crippen molar-refractivity contribution in [3.05, 3.63) is 27.2 Å². The Morgan fingerprint density at radius 3 is 2.43 bits per heavy atom. The van der Waals surface area contributed by atoms with E-state index in [-0.39, 0.29) is 21.4 Å². The minimum atomic E-state index is -4.00. The van der Waals surface area contributed by atoms with Crippen LogP contribution in [0.15, 0.2) is 21.5 Å². The summed E-state index contributed by atoms with van der Waals surface area (Å²) in [7, 11) is -4.00. The summed E-state index contributed by atoms with van der Waals surface area (Å²) in [5.41, 5.74) is 0.0750.